The zero-order valence-corrected chi connectivity index (χ0v) is 14.4. The van der Waals surface area contributed by atoms with Crippen molar-refractivity contribution in [2.75, 3.05) is 0 Å². The smallest absolute Gasteiger partial charge is 0.268 e. The van der Waals surface area contributed by atoms with E-state index in [0.29, 0.717) is 12.2 Å². The van der Waals surface area contributed by atoms with Crippen LogP contribution in [0.25, 0.3) is 11.1 Å². The summed E-state index contributed by atoms with van der Waals surface area (Å²) < 4.78 is 28.6. The zero-order chi connectivity index (χ0) is 18.5. The standard InChI is InChI=1S/C20H19F2N3O/c1-2-9-25-13-16(14-5-7-23-8-6-14)10-19(25)20(26)24-12-15-3-4-17(21)11-18(15)22/h3-8,10-11,13H,2,9,12H2,1H3,(H,24,26). The predicted molar refractivity (Wildman–Crippen MR) is 95.5 cm³/mol. The number of carbonyl (C=O) groups excluding carboxylic acids is 1. The first-order valence-corrected chi connectivity index (χ1v) is 8.41. The highest BCUT2D eigenvalue weighted by molar-refractivity contribution is 5.94. The number of hydrogen-bond donors (Lipinski definition) is 1. The highest BCUT2D eigenvalue weighted by atomic mass is 19.1. The molecule has 3 rings (SSSR count). The van der Waals surface area contributed by atoms with Crippen LogP contribution in [0.4, 0.5) is 8.78 Å². The molecule has 0 bridgehead atoms. The maximum atomic E-state index is 13.7. The van der Waals surface area contributed by atoms with E-state index in [1.807, 2.05) is 29.8 Å². The van der Waals surface area contributed by atoms with Crippen LogP contribution in [0.2, 0.25) is 0 Å². The Morgan fingerprint density at radius 3 is 2.58 bits per heavy atom. The Balaban J connectivity index is 1.80. The number of amides is 1. The number of rotatable bonds is 6. The van der Waals surface area contributed by atoms with Crippen molar-refractivity contribution in [2.45, 2.75) is 26.4 Å². The number of nitrogens with one attached hydrogen (secondary N) is 1. The van der Waals surface area contributed by atoms with Gasteiger partial charge in [0.15, 0.2) is 0 Å². The fourth-order valence-electron chi connectivity index (χ4n) is 2.76. The molecule has 0 saturated heterocycles. The van der Waals surface area contributed by atoms with Crippen molar-refractivity contribution in [2.24, 2.45) is 0 Å². The van der Waals surface area contributed by atoms with Crippen LogP contribution in [-0.4, -0.2) is 15.5 Å². The molecule has 2 heterocycles. The van der Waals surface area contributed by atoms with E-state index in [9.17, 15) is 13.6 Å². The van der Waals surface area contributed by atoms with Gasteiger partial charge in [0.2, 0.25) is 0 Å². The first kappa shape index (κ1) is 17.8. The molecule has 0 fully saturated rings. The van der Waals surface area contributed by atoms with E-state index in [1.54, 1.807) is 18.5 Å². The van der Waals surface area contributed by atoms with Crippen LogP contribution in [0.15, 0.2) is 55.0 Å². The molecule has 0 aliphatic carbocycles. The average molecular weight is 355 g/mol. The number of hydrogen-bond acceptors (Lipinski definition) is 2. The second-order valence-electron chi connectivity index (χ2n) is 5.96. The molecular formula is C20H19F2N3O. The molecule has 134 valence electrons. The predicted octanol–water partition coefficient (Wildman–Crippen LogP) is 4.17. The number of nitrogens with zero attached hydrogens (tertiary/aromatic N) is 2. The highest BCUT2D eigenvalue weighted by Crippen LogP contribution is 2.22. The summed E-state index contributed by atoms with van der Waals surface area (Å²) in [5.41, 5.74) is 2.62. The third-order valence-electron chi connectivity index (χ3n) is 4.06. The van der Waals surface area contributed by atoms with Gasteiger partial charge < -0.3 is 9.88 Å². The van der Waals surface area contributed by atoms with Crippen molar-refractivity contribution in [3.8, 4) is 11.1 Å². The monoisotopic (exact) mass is 355 g/mol. The molecular weight excluding hydrogens is 336 g/mol. The number of aromatic nitrogens is 2. The molecule has 0 spiro atoms. The number of pyridine rings is 1. The van der Waals surface area contributed by atoms with E-state index in [2.05, 4.69) is 10.3 Å². The lowest BCUT2D eigenvalue weighted by atomic mass is 10.1. The topological polar surface area (TPSA) is 46.9 Å². The normalized spacial score (nSPS) is 10.7. The van der Waals surface area contributed by atoms with Gasteiger partial charge in [0.1, 0.15) is 17.3 Å². The van der Waals surface area contributed by atoms with Gasteiger partial charge in [-0.25, -0.2) is 8.78 Å². The number of benzene rings is 1. The largest absolute Gasteiger partial charge is 0.347 e. The Kier molecular flexibility index (Phi) is 5.41. The maximum Gasteiger partial charge on any atom is 0.268 e. The van der Waals surface area contributed by atoms with E-state index in [1.165, 1.54) is 12.1 Å². The Morgan fingerprint density at radius 2 is 1.88 bits per heavy atom. The molecule has 0 aliphatic rings. The summed E-state index contributed by atoms with van der Waals surface area (Å²) in [6.07, 6.45) is 6.19. The first-order chi connectivity index (χ1) is 12.6. The van der Waals surface area contributed by atoms with Gasteiger partial charge in [0, 0.05) is 48.9 Å². The summed E-state index contributed by atoms with van der Waals surface area (Å²) in [4.78, 5) is 16.6. The Bertz CT molecular complexity index is 907. The minimum absolute atomic E-state index is 0.00710. The summed E-state index contributed by atoms with van der Waals surface area (Å²) in [6.45, 7) is 2.72. The Labute approximate surface area is 150 Å². The van der Waals surface area contributed by atoms with Gasteiger partial charge >= 0.3 is 0 Å². The van der Waals surface area contributed by atoms with Crippen LogP contribution in [0, 0.1) is 11.6 Å². The molecule has 26 heavy (non-hydrogen) atoms. The lowest BCUT2D eigenvalue weighted by Gasteiger charge is -2.09. The fourth-order valence-corrected chi connectivity index (χ4v) is 2.76. The minimum atomic E-state index is -0.674. The Morgan fingerprint density at radius 1 is 1.12 bits per heavy atom. The molecule has 3 aromatic rings. The number of carbonyl (C=O) groups is 1. The van der Waals surface area contributed by atoms with Crippen molar-refractivity contribution < 1.29 is 13.6 Å². The molecule has 1 N–H and O–H groups in total. The van der Waals surface area contributed by atoms with Crippen molar-refractivity contribution >= 4 is 5.91 Å². The molecule has 6 heteroatoms. The van der Waals surface area contributed by atoms with Gasteiger partial charge in [-0.05, 0) is 36.2 Å². The van der Waals surface area contributed by atoms with E-state index >= 15 is 0 Å². The molecule has 0 aliphatic heterocycles. The molecule has 1 aromatic carbocycles. The molecule has 0 atom stereocenters. The van der Waals surface area contributed by atoms with Crippen molar-refractivity contribution in [1.82, 2.24) is 14.9 Å². The Hall–Kier alpha value is -3.02. The van der Waals surface area contributed by atoms with Gasteiger partial charge in [0.25, 0.3) is 5.91 Å². The van der Waals surface area contributed by atoms with Gasteiger partial charge in [-0.3, -0.25) is 9.78 Å². The SMILES string of the molecule is CCCn1cc(-c2ccncc2)cc1C(=O)NCc1ccc(F)cc1F. The molecule has 0 radical (unpaired) electrons. The third kappa shape index (κ3) is 3.96. The van der Waals surface area contributed by atoms with Gasteiger partial charge in [-0.1, -0.05) is 13.0 Å². The summed E-state index contributed by atoms with van der Waals surface area (Å²) in [7, 11) is 0. The van der Waals surface area contributed by atoms with Gasteiger partial charge in [-0.2, -0.15) is 0 Å². The highest BCUT2D eigenvalue weighted by Gasteiger charge is 2.15. The third-order valence-corrected chi connectivity index (χ3v) is 4.06. The molecule has 0 unspecified atom stereocenters. The lowest BCUT2D eigenvalue weighted by Crippen LogP contribution is -2.25. The van der Waals surface area contributed by atoms with Crippen molar-refractivity contribution in [3.05, 3.63) is 77.9 Å². The minimum Gasteiger partial charge on any atom is -0.347 e. The van der Waals surface area contributed by atoms with Crippen LogP contribution >= 0.6 is 0 Å². The maximum absolute atomic E-state index is 13.7. The zero-order valence-electron chi connectivity index (χ0n) is 14.4. The van der Waals surface area contributed by atoms with Crippen molar-refractivity contribution in [3.63, 3.8) is 0 Å². The summed E-state index contributed by atoms with van der Waals surface area (Å²) in [6, 6.07) is 8.87. The van der Waals surface area contributed by atoms with Crippen molar-refractivity contribution in [1.29, 1.82) is 0 Å². The lowest BCUT2D eigenvalue weighted by molar-refractivity contribution is 0.0941. The fraction of sp³-hybridized carbons (Fsp3) is 0.200. The van der Waals surface area contributed by atoms with Crippen LogP contribution in [0.5, 0.6) is 0 Å². The van der Waals surface area contributed by atoms with Gasteiger partial charge in [-0.15, -0.1) is 0 Å². The molecule has 2 aromatic heterocycles. The van der Waals surface area contributed by atoms with Gasteiger partial charge in [0.05, 0.1) is 0 Å². The summed E-state index contributed by atoms with van der Waals surface area (Å²) >= 11 is 0. The number of halogens is 2. The molecule has 4 nitrogen and oxygen atoms in total. The molecule has 0 saturated carbocycles. The first-order valence-electron chi connectivity index (χ1n) is 8.41. The molecule has 1 amide bonds. The van der Waals surface area contributed by atoms with Crippen LogP contribution < -0.4 is 5.32 Å². The summed E-state index contributed by atoms with van der Waals surface area (Å²) in [5.74, 6) is -1.62. The van der Waals surface area contributed by atoms with E-state index in [4.69, 9.17) is 0 Å². The second-order valence-corrected chi connectivity index (χ2v) is 5.96. The second kappa shape index (κ2) is 7.91. The average Bonchev–Trinajstić information content (AvgIpc) is 3.06. The number of aryl methyl sites for hydroxylation is 1. The van der Waals surface area contributed by atoms with E-state index < -0.39 is 11.6 Å². The van der Waals surface area contributed by atoms with Crippen LogP contribution in [0.1, 0.15) is 29.4 Å². The quantitative estimate of drug-likeness (QED) is 0.721. The van der Waals surface area contributed by atoms with Crippen LogP contribution in [-0.2, 0) is 13.1 Å². The van der Waals surface area contributed by atoms with E-state index in [-0.39, 0.29) is 18.0 Å². The van der Waals surface area contributed by atoms with E-state index in [0.717, 1.165) is 23.6 Å². The summed E-state index contributed by atoms with van der Waals surface area (Å²) in [5, 5.41) is 2.70. The van der Waals surface area contributed by atoms with Crippen LogP contribution in [0.3, 0.4) is 0 Å².